The van der Waals surface area contributed by atoms with Gasteiger partial charge in [0.05, 0.1) is 11.6 Å². The first-order chi connectivity index (χ1) is 16.2. The van der Waals surface area contributed by atoms with Crippen LogP contribution in [-0.2, 0) is 9.47 Å². The Morgan fingerprint density at radius 3 is 2.79 bits per heavy atom. The summed E-state index contributed by atoms with van der Waals surface area (Å²) in [6.45, 7) is 5.09. The Morgan fingerprint density at radius 1 is 1.18 bits per heavy atom. The van der Waals surface area contributed by atoms with E-state index in [9.17, 15) is 0 Å². The summed E-state index contributed by atoms with van der Waals surface area (Å²) in [6.07, 6.45) is 11.2. The van der Waals surface area contributed by atoms with Crippen LogP contribution in [0.5, 0.6) is 0 Å². The Bertz CT molecular complexity index is 870. The summed E-state index contributed by atoms with van der Waals surface area (Å²) in [5.74, 6) is 2.34. The molecule has 4 rings (SSSR count). The van der Waals surface area contributed by atoms with Crippen molar-refractivity contribution in [2.24, 2.45) is 15.9 Å². The van der Waals surface area contributed by atoms with E-state index >= 15 is 0 Å². The van der Waals surface area contributed by atoms with Gasteiger partial charge in [-0.3, -0.25) is 4.99 Å². The van der Waals surface area contributed by atoms with Crippen molar-refractivity contribution in [3.05, 3.63) is 28.9 Å². The fourth-order valence-corrected chi connectivity index (χ4v) is 4.85. The van der Waals surface area contributed by atoms with Crippen LogP contribution in [-0.4, -0.2) is 69.1 Å². The van der Waals surface area contributed by atoms with E-state index < -0.39 is 0 Å². The summed E-state index contributed by atoms with van der Waals surface area (Å²) < 4.78 is 10.6. The van der Waals surface area contributed by atoms with E-state index in [1.807, 2.05) is 6.07 Å². The maximum Gasteiger partial charge on any atom is 0.152 e. The van der Waals surface area contributed by atoms with Crippen molar-refractivity contribution in [3.8, 4) is 0 Å². The number of nitrogens with one attached hydrogen (secondary N) is 2. The number of hydrogen-bond donors (Lipinski definition) is 2. The molecule has 2 fully saturated rings. The van der Waals surface area contributed by atoms with Gasteiger partial charge >= 0.3 is 0 Å². The second-order valence-electron chi connectivity index (χ2n) is 9.04. The zero-order valence-electron chi connectivity index (χ0n) is 19.6. The van der Waals surface area contributed by atoms with E-state index in [0.29, 0.717) is 17.0 Å². The molecule has 0 aromatic carbocycles. The fourth-order valence-electron chi connectivity index (χ4n) is 4.63. The lowest BCUT2D eigenvalue weighted by molar-refractivity contribution is 0.0676. The number of amidine groups is 1. The number of aromatic nitrogens is 1. The maximum atomic E-state index is 6.55. The second kappa shape index (κ2) is 12.6. The minimum absolute atomic E-state index is 0.548. The van der Waals surface area contributed by atoms with E-state index in [4.69, 9.17) is 26.1 Å². The largest absolute Gasteiger partial charge is 0.383 e. The van der Waals surface area contributed by atoms with E-state index in [-0.39, 0.29) is 0 Å². The van der Waals surface area contributed by atoms with E-state index in [2.05, 4.69) is 26.7 Å². The van der Waals surface area contributed by atoms with Gasteiger partial charge in [-0.1, -0.05) is 11.6 Å². The lowest BCUT2D eigenvalue weighted by Crippen LogP contribution is -2.35. The molecule has 3 heterocycles. The molecule has 1 saturated carbocycles. The van der Waals surface area contributed by atoms with Crippen LogP contribution in [0.1, 0.15) is 50.5 Å². The molecule has 1 aromatic rings. The van der Waals surface area contributed by atoms with Gasteiger partial charge in [-0.15, -0.1) is 0 Å². The molecule has 0 spiro atoms. The average molecular weight is 474 g/mol. The van der Waals surface area contributed by atoms with E-state index in [1.54, 1.807) is 13.3 Å². The fraction of sp³-hybridized carbons (Fsp3) is 0.640. The molecule has 0 radical (unpaired) electrons. The highest BCUT2D eigenvalue weighted by Crippen LogP contribution is 2.31. The van der Waals surface area contributed by atoms with Crippen molar-refractivity contribution in [1.29, 1.82) is 0 Å². The molecule has 3 aliphatic rings. The van der Waals surface area contributed by atoms with E-state index in [0.717, 1.165) is 102 Å². The number of pyridine rings is 1. The predicted octanol–water partition coefficient (Wildman–Crippen LogP) is 4.19. The number of hydrogen-bond acceptors (Lipinski definition) is 7. The molecular formula is C25H36ClN5O2. The van der Waals surface area contributed by atoms with Gasteiger partial charge in [-0.25, -0.2) is 9.98 Å². The van der Waals surface area contributed by atoms with Gasteiger partial charge in [0.1, 0.15) is 5.84 Å². The standard InChI is InChI=1S/C25H36ClN5O2/c1-32-13-10-27-20-2-4-21(5-3-20)31-25-15-22(23(26)17-30-25)19-6-9-28-24(14-19)29-16-18-7-11-33-12-8-18/h14-15,17-18,20,27H,2-13,16H2,1H3,(H,28,29). The van der Waals surface area contributed by atoms with Gasteiger partial charge in [0.2, 0.25) is 0 Å². The molecule has 180 valence electrons. The number of aliphatic imine (C=N–C) groups is 2. The van der Waals surface area contributed by atoms with Crippen LogP contribution >= 0.6 is 11.6 Å². The van der Waals surface area contributed by atoms with Crippen molar-refractivity contribution in [1.82, 2.24) is 15.6 Å². The van der Waals surface area contributed by atoms with Crippen LogP contribution in [0.4, 0.5) is 5.82 Å². The van der Waals surface area contributed by atoms with Gasteiger partial charge < -0.3 is 20.1 Å². The number of halogens is 1. The topological polar surface area (TPSA) is 80.1 Å². The van der Waals surface area contributed by atoms with Crippen molar-refractivity contribution < 1.29 is 9.47 Å². The van der Waals surface area contributed by atoms with Crippen molar-refractivity contribution >= 4 is 34.5 Å². The molecule has 0 amide bonds. The van der Waals surface area contributed by atoms with Crippen LogP contribution in [0.3, 0.4) is 0 Å². The van der Waals surface area contributed by atoms with Crippen molar-refractivity contribution in [3.63, 3.8) is 0 Å². The summed E-state index contributed by atoms with van der Waals surface area (Å²) in [6, 6.07) is 2.58. The first kappa shape index (κ1) is 24.3. The number of nitrogens with zero attached hydrogens (tertiary/aromatic N) is 3. The molecule has 1 aliphatic carbocycles. The van der Waals surface area contributed by atoms with Crippen LogP contribution in [0.2, 0.25) is 5.02 Å². The molecule has 7 nitrogen and oxygen atoms in total. The minimum Gasteiger partial charge on any atom is -0.383 e. The molecule has 0 unspecified atom stereocenters. The molecule has 8 heteroatoms. The van der Waals surface area contributed by atoms with Crippen molar-refractivity contribution in [2.75, 3.05) is 46.6 Å². The quantitative estimate of drug-likeness (QED) is 0.553. The summed E-state index contributed by atoms with van der Waals surface area (Å²) in [7, 11) is 1.74. The van der Waals surface area contributed by atoms with Crippen LogP contribution in [0, 0.1) is 5.92 Å². The van der Waals surface area contributed by atoms with Gasteiger partial charge in [0, 0.05) is 63.5 Å². The molecule has 1 saturated heterocycles. The van der Waals surface area contributed by atoms with E-state index in [1.165, 1.54) is 11.3 Å². The summed E-state index contributed by atoms with van der Waals surface area (Å²) in [4.78, 5) is 14.0. The number of rotatable bonds is 8. The molecule has 0 atom stereocenters. The highest BCUT2D eigenvalue weighted by molar-refractivity contribution is 6.32. The Hall–Kier alpha value is -1.80. The van der Waals surface area contributed by atoms with Crippen LogP contribution < -0.4 is 10.6 Å². The number of ether oxygens (including phenoxy) is 2. The lowest BCUT2D eigenvalue weighted by atomic mass is 9.93. The monoisotopic (exact) mass is 473 g/mol. The zero-order chi connectivity index (χ0) is 22.9. The number of methoxy groups -OCH3 is 1. The van der Waals surface area contributed by atoms with Gasteiger partial charge in [0.25, 0.3) is 0 Å². The first-order valence-corrected chi connectivity index (χ1v) is 12.6. The number of dihydropyridines is 1. The predicted molar refractivity (Wildman–Crippen MR) is 135 cm³/mol. The first-order valence-electron chi connectivity index (χ1n) is 12.2. The highest BCUT2D eigenvalue weighted by Gasteiger charge is 2.19. The molecule has 2 aliphatic heterocycles. The Balaban J connectivity index is 1.37. The molecule has 0 bridgehead atoms. The molecule has 33 heavy (non-hydrogen) atoms. The summed E-state index contributed by atoms with van der Waals surface area (Å²) in [5, 5.41) is 7.76. The Labute approximate surface area is 202 Å². The Kier molecular flexibility index (Phi) is 9.29. The normalized spacial score (nSPS) is 22.0. The van der Waals surface area contributed by atoms with Crippen LogP contribution in [0.15, 0.2) is 28.3 Å². The lowest BCUT2D eigenvalue weighted by Gasteiger charge is -2.24. The third-order valence-corrected chi connectivity index (χ3v) is 6.95. The molecular weight excluding hydrogens is 438 g/mol. The SMILES string of the molecule is COCCNC1CCC(=Nc2cc(C3=CC(NCC4CCOCC4)=NCC3)c(Cl)cn2)CC1. The molecule has 2 N–H and O–H groups in total. The maximum absolute atomic E-state index is 6.55. The summed E-state index contributed by atoms with van der Waals surface area (Å²) >= 11 is 6.55. The van der Waals surface area contributed by atoms with Crippen LogP contribution in [0.25, 0.3) is 5.57 Å². The highest BCUT2D eigenvalue weighted by atomic mass is 35.5. The van der Waals surface area contributed by atoms with Gasteiger partial charge in [-0.05, 0) is 68.6 Å². The van der Waals surface area contributed by atoms with Crippen molar-refractivity contribution in [2.45, 2.75) is 51.0 Å². The molecule has 1 aromatic heterocycles. The zero-order valence-corrected chi connectivity index (χ0v) is 20.4. The second-order valence-corrected chi connectivity index (χ2v) is 9.45. The van der Waals surface area contributed by atoms with Gasteiger partial charge in [0.15, 0.2) is 5.82 Å². The van der Waals surface area contributed by atoms with Gasteiger partial charge in [-0.2, -0.15) is 0 Å². The minimum atomic E-state index is 0.548. The third kappa shape index (κ3) is 7.34. The average Bonchev–Trinajstić information content (AvgIpc) is 2.86. The third-order valence-electron chi connectivity index (χ3n) is 6.65. The Morgan fingerprint density at radius 2 is 2.00 bits per heavy atom. The summed E-state index contributed by atoms with van der Waals surface area (Å²) in [5.41, 5.74) is 3.43. The smallest absolute Gasteiger partial charge is 0.152 e.